The molecule has 0 saturated heterocycles. The van der Waals surface area contributed by atoms with Gasteiger partial charge in [0.25, 0.3) is 0 Å². The highest BCUT2D eigenvalue weighted by Gasteiger charge is 2.04. The van der Waals surface area contributed by atoms with Crippen molar-refractivity contribution in [1.29, 1.82) is 0 Å². The molecule has 1 aromatic carbocycles. The van der Waals surface area contributed by atoms with Gasteiger partial charge in [-0.2, -0.15) is 0 Å². The van der Waals surface area contributed by atoms with Gasteiger partial charge < -0.3 is 10.6 Å². The van der Waals surface area contributed by atoms with Crippen molar-refractivity contribution >= 4 is 22.3 Å². The van der Waals surface area contributed by atoms with Gasteiger partial charge in [0.15, 0.2) is 10.9 Å². The molecule has 3 rings (SSSR count). The summed E-state index contributed by atoms with van der Waals surface area (Å²) in [7, 11) is 1.79. The van der Waals surface area contributed by atoms with Crippen LogP contribution in [0.1, 0.15) is 22.4 Å². The summed E-state index contributed by atoms with van der Waals surface area (Å²) in [6.45, 7) is 5.79. The first-order valence-electron chi connectivity index (χ1n) is 8.07. The minimum Gasteiger partial charge on any atom is -0.356 e. The smallest absolute Gasteiger partial charge is 0.193 e. The van der Waals surface area contributed by atoms with Gasteiger partial charge >= 0.3 is 0 Å². The van der Waals surface area contributed by atoms with E-state index in [-0.39, 0.29) is 0 Å². The third kappa shape index (κ3) is 4.14. The molecule has 5 nitrogen and oxygen atoms in total. The molecule has 2 N–H and O–H groups in total. The Balaban J connectivity index is 1.48. The summed E-state index contributed by atoms with van der Waals surface area (Å²) in [4.78, 5) is 9.85. The maximum atomic E-state index is 4.56. The zero-order valence-electron chi connectivity index (χ0n) is 14.3. The van der Waals surface area contributed by atoms with Crippen LogP contribution in [0.4, 0.5) is 0 Å². The molecule has 0 saturated carbocycles. The molecule has 0 aliphatic heterocycles. The van der Waals surface area contributed by atoms with E-state index in [2.05, 4.69) is 52.7 Å². The molecule has 3 aromatic rings. The van der Waals surface area contributed by atoms with E-state index in [1.54, 1.807) is 18.4 Å². The molecule has 0 amide bonds. The zero-order chi connectivity index (χ0) is 16.9. The van der Waals surface area contributed by atoms with E-state index in [0.29, 0.717) is 6.54 Å². The lowest BCUT2D eigenvalue weighted by atomic mass is 10.1. The van der Waals surface area contributed by atoms with Crippen molar-refractivity contribution in [2.45, 2.75) is 26.8 Å². The van der Waals surface area contributed by atoms with Crippen LogP contribution in [0.25, 0.3) is 4.96 Å². The predicted molar refractivity (Wildman–Crippen MR) is 101 cm³/mol. The zero-order valence-corrected chi connectivity index (χ0v) is 15.2. The highest BCUT2D eigenvalue weighted by atomic mass is 32.1. The van der Waals surface area contributed by atoms with Crippen LogP contribution in [0.15, 0.2) is 41.0 Å². The van der Waals surface area contributed by atoms with E-state index in [1.807, 2.05) is 22.2 Å². The van der Waals surface area contributed by atoms with Crippen LogP contribution in [0.5, 0.6) is 0 Å². The lowest BCUT2D eigenvalue weighted by molar-refractivity contribution is 0.786. The first-order valence-corrected chi connectivity index (χ1v) is 8.95. The van der Waals surface area contributed by atoms with E-state index in [0.717, 1.165) is 29.6 Å². The molecule has 0 fully saturated rings. The predicted octanol–water partition coefficient (Wildman–Crippen LogP) is 2.92. The molecule has 24 heavy (non-hydrogen) atoms. The number of hydrogen-bond donors (Lipinski definition) is 2. The van der Waals surface area contributed by atoms with Crippen molar-refractivity contribution in [1.82, 2.24) is 20.0 Å². The summed E-state index contributed by atoms with van der Waals surface area (Å²) in [5, 5.41) is 8.71. The number of nitrogens with one attached hydrogen (secondary N) is 2. The normalized spacial score (nSPS) is 11.9. The van der Waals surface area contributed by atoms with Crippen molar-refractivity contribution in [3.8, 4) is 0 Å². The van der Waals surface area contributed by atoms with Gasteiger partial charge in [-0.3, -0.25) is 9.39 Å². The SMILES string of the molecule is CN=C(NCCc1cc(C)cc(C)c1)NCc1cn2ccsc2n1. The second-order valence-electron chi connectivity index (χ2n) is 5.92. The quantitative estimate of drug-likeness (QED) is 0.554. The van der Waals surface area contributed by atoms with Crippen LogP contribution in [-0.4, -0.2) is 28.9 Å². The fraction of sp³-hybridized carbons (Fsp3) is 0.333. The number of rotatable bonds is 5. The number of hydrogen-bond acceptors (Lipinski definition) is 3. The maximum Gasteiger partial charge on any atom is 0.193 e. The van der Waals surface area contributed by atoms with Crippen molar-refractivity contribution in [2.75, 3.05) is 13.6 Å². The van der Waals surface area contributed by atoms with Crippen LogP contribution in [0, 0.1) is 13.8 Å². The number of aryl methyl sites for hydroxylation is 2. The van der Waals surface area contributed by atoms with Gasteiger partial charge in [0.05, 0.1) is 12.2 Å². The molecule has 126 valence electrons. The summed E-state index contributed by atoms with van der Waals surface area (Å²) in [6, 6.07) is 6.68. The second-order valence-corrected chi connectivity index (χ2v) is 6.80. The molecule has 0 aliphatic rings. The lowest BCUT2D eigenvalue weighted by Crippen LogP contribution is -2.37. The van der Waals surface area contributed by atoms with Crippen molar-refractivity contribution in [3.05, 3.63) is 58.4 Å². The molecule has 0 radical (unpaired) electrons. The van der Waals surface area contributed by atoms with Crippen LogP contribution < -0.4 is 10.6 Å². The van der Waals surface area contributed by atoms with E-state index in [9.17, 15) is 0 Å². The van der Waals surface area contributed by atoms with Gasteiger partial charge in [-0.25, -0.2) is 4.98 Å². The van der Waals surface area contributed by atoms with E-state index < -0.39 is 0 Å². The Morgan fingerprint density at radius 3 is 2.71 bits per heavy atom. The highest BCUT2D eigenvalue weighted by molar-refractivity contribution is 7.15. The fourth-order valence-corrected chi connectivity index (χ4v) is 3.51. The fourth-order valence-electron chi connectivity index (χ4n) is 2.79. The Labute approximate surface area is 146 Å². The Bertz CT molecular complexity index is 797. The largest absolute Gasteiger partial charge is 0.356 e. The number of nitrogens with zero attached hydrogens (tertiary/aromatic N) is 3. The lowest BCUT2D eigenvalue weighted by Gasteiger charge is -2.11. The van der Waals surface area contributed by atoms with Gasteiger partial charge in [0.1, 0.15) is 0 Å². The summed E-state index contributed by atoms with van der Waals surface area (Å²) in [5.74, 6) is 0.802. The van der Waals surface area contributed by atoms with Crippen LogP contribution in [0.3, 0.4) is 0 Å². The summed E-state index contributed by atoms with van der Waals surface area (Å²) < 4.78 is 2.04. The third-order valence-corrected chi connectivity index (χ3v) is 4.56. The average molecular weight is 341 g/mol. The second kappa shape index (κ2) is 7.49. The number of aromatic nitrogens is 2. The maximum absolute atomic E-state index is 4.56. The molecule has 0 spiro atoms. The minimum atomic E-state index is 0.664. The summed E-state index contributed by atoms with van der Waals surface area (Å²) in [5.41, 5.74) is 4.99. The molecule has 2 aromatic heterocycles. The number of fused-ring (bicyclic) bond motifs is 1. The number of guanidine groups is 1. The number of imidazole rings is 1. The summed E-state index contributed by atoms with van der Waals surface area (Å²) in [6.07, 6.45) is 5.04. The van der Waals surface area contributed by atoms with Crippen molar-refractivity contribution in [2.24, 2.45) is 4.99 Å². The highest BCUT2D eigenvalue weighted by Crippen LogP contribution is 2.11. The van der Waals surface area contributed by atoms with Gasteiger partial charge in [0.2, 0.25) is 0 Å². The van der Waals surface area contributed by atoms with Gasteiger partial charge in [-0.1, -0.05) is 29.3 Å². The van der Waals surface area contributed by atoms with Gasteiger partial charge in [-0.05, 0) is 25.8 Å². The standard InChI is InChI=1S/C18H23N5S/c1-13-8-14(2)10-15(9-13)4-5-20-17(19-3)21-11-16-12-23-6-7-24-18(23)22-16/h6-10,12H,4-5,11H2,1-3H3,(H2,19,20,21). The molecule has 0 bridgehead atoms. The van der Waals surface area contributed by atoms with Crippen molar-refractivity contribution in [3.63, 3.8) is 0 Å². The van der Waals surface area contributed by atoms with Crippen LogP contribution in [-0.2, 0) is 13.0 Å². The molecule has 2 heterocycles. The van der Waals surface area contributed by atoms with Crippen LogP contribution >= 0.6 is 11.3 Å². The Kier molecular flexibility index (Phi) is 5.15. The first-order chi connectivity index (χ1) is 11.6. The molecular weight excluding hydrogens is 318 g/mol. The van der Waals surface area contributed by atoms with Gasteiger partial charge in [0, 0.05) is 31.4 Å². The topological polar surface area (TPSA) is 53.7 Å². The van der Waals surface area contributed by atoms with E-state index in [4.69, 9.17) is 0 Å². The monoisotopic (exact) mass is 341 g/mol. The third-order valence-electron chi connectivity index (χ3n) is 3.79. The molecule has 0 atom stereocenters. The molecule has 0 aliphatic carbocycles. The Morgan fingerprint density at radius 2 is 2.00 bits per heavy atom. The van der Waals surface area contributed by atoms with Crippen LogP contribution in [0.2, 0.25) is 0 Å². The molecular formula is C18H23N5S. The van der Waals surface area contributed by atoms with Crippen molar-refractivity contribution < 1.29 is 0 Å². The average Bonchev–Trinajstić information content (AvgIpc) is 3.11. The Morgan fingerprint density at radius 1 is 1.21 bits per heavy atom. The van der Waals surface area contributed by atoms with E-state index in [1.165, 1.54) is 16.7 Å². The number of thiazole rings is 1. The summed E-state index contributed by atoms with van der Waals surface area (Å²) >= 11 is 1.64. The molecule has 6 heteroatoms. The first kappa shape index (κ1) is 16.5. The Hall–Kier alpha value is -2.34. The number of aliphatic imine (C=N–C) groups is 1. The van der Waals surface area contributed by atoms with E-state index >= 15 is 0 Å². The minimum absolute atomic E-state index is 0.664. The molecule has 0 unspecified atom stereocenters. The number of benzene rings is 1. The van der Waals surface area contributed by atoms with Gasteiger partial charge in [-0.15, -0.1) is 11.3 Å².